The number of hydrogen-bond donors (Lipinski definition) is 1. The first-order chi connectivity index (χ1) is 7.86. The molecule has 1 N–H and O–H groups in total. The van der Waals surface area contributed by atoms with Gasteiger partial charge in [0, 0.05) is 18.8 Å². The molecule has 82 valence electrons. The van der Waals surface area contributed by atoms with Crippen molar-refractivity contribution in [1.82, 2.24) is 4.98 Å². The third-order valence-corrected chi connectivity index (χ3v) is 2.26. The number of benzene rings is 1. The van der Waals surface area contributed by atoms with Crippen LogP contribution in [0, 0.1) is 0 Å². The third kappa shape index (κ3) is 2.73. The van der Waals surface area contributed by atoms with Crippen LogP contribution in [0.1, 0.15) is 5.56 Å². The van der Waals surface area contributed by atoms with Gasteiger partial charge in [0.1, 0.15) is 0 Å². The highest BCUT2D eigenvalue weighted by Crippen LogP contribution is 2.24. The quantitative estimate of drug-likeness (QED) is 0.851. The van der Waals surface area contributed by atoms with Crippen LogP contribution < -0.4 is 4.74 Å². The van der Waals surface area contributed by atoms with Crippen LogP contribution in [0.25, 0.3) is 0 Å². The van der Waals surface area contributed by atoms with Crippen LogP contribution >= 0.6 is 0 Å². The van der Waals surface area contributed by atoms with Gasteiger partial charge in [-0.15, -0.1) is 0 Å². The van der Waals surface area contributed by atoms with Crippen molar-refractivity contribution in [3.05, 3.63) is 54.4 Å². The zero-order valence-electron chi connectivity index (χ0n) is 8.84. The van der Waals surface area contributed by atoms with Crippen LogP contribution in [-0.4, -0.2) is 16.7 Å². The summed E-state index contributed by atoms with van der Waals surface area (Å²) in [5.74, 6) is 0.703. The van der Waals surface area contributed by atoms with E-state index >= 15 is 0 Å². The average molecular weight is 215 g/mol. The van der Waals surface area contributed by atoms with E-state index in [0.29, 0.717) is 12.4 Å². The van der Waals surface area contributed by atoms with Gasteiger partial charge >= 0.3 is 0 Å². The Balaban J connectivity index is 1.87. The molecule has 0 unspecified atom stereocenters. The number of phenolic OH excluding ortho intramolecular Hbond substituents is 1. The minimum Gasteiger partial charge on any atom is -0.504 e. The van der Waals surface area contributed by atoms with E-state index in [1.807, 2.05) is 18.2 Å². The molecule has 0 saturated heterocycles. The highest BCUT2D eigenvalue weighted by molar-refractivity contribution is 5.37. The van der Waals surface area contributed by atoms with Gasteiger partial charge in [0.05, 0.1) is 6.61 Å². The molecule has 2 aromatic rings. The zero-order chi connectivity index (χ0) is 11.2. The summed E-state index contributed by atoms with van der Waals surface area (Å²) >= 11 is 0. The van der Waals surface area contributed by atoms with Gasteiger partial charge in [-0.1, -0.05) is 12.1 Å². The summed E-state index contributed by atoms with van der Waals surface area (Å²) in [4.78, 5) is 3.94. The van der Waals surface area contributed by atoms with E-state index in [-0.39, 0.29) is 5.75 Å². The maximum absolute atomic E-state index is 9.47. The summed E-state index contributed by atoms with van der Waals surface area (Å²) in [6, 6.07) is 10.9. The minimum atomic E-state index is 0.178. The van der Waals surface area contributed by atoms with Gasteiger partial charge < -0.3 is 9.84 Å². The number of aromatic hydroxyl groups is 1. The number of rotatable bonds is 4. The predicted octanol–water partition coefficient (Wildman–Crippen LogP) is 2.41. The molecule has 0 saturated carbocycles. The van der Waals surface area contributed by atoms with Crippen molar-refractivity contribution in [1.29, 1.82) is 0 Å². The van der Waals surface area contributed by atoms with Gasteiger partial charge in [-0.25, -0.2) is 0 Å². The van der Waals surface area contributed by atoms with Crippen LogP contribution in [-0.2, 0) is 6.42 Å². The molecule has 0 bridgehead atoms. The number of para-hydroxylation sites is 2. The maximum Gasteiger partial charge on any atom is 0.160 e. The summed E-state index contributed by atoms with van der Waals surface area (Å²) < 4.78 is 5.47. The standard InChI is InChI=1S/C13H13NO2/c15-12-3-1-2-4-13(12)16-10-7-11-5-8-14-9-6-11/h1-6,8-9,15H,7,10H2. The fourth-order valence-corrected chi connectivity index (χ4v) is 1.41. The molecule has 3 heteroatoms. The molecule has 0 radical (unpaired) electrons. The molecular formula is C13H13NO2. The maximum atomic E-state index is 9.47. The van der Waals surface area contributed by atoms with Crippen LogP contribution in [0.5, 0.6) is 11.5 Å². The number of nitrogens with zero attached hydrogens (tertiary/aromatic N) is 1. The van der Waals surface area contributed by atoms with E-state index in [4.69, 9.17) is 4.74 Å². The highest BCUT2D eigenvalue weighted by Gasteiger charge is 1.99. The van der Waals surface area contributed by atoms with Crippen molar-refractivity contribution < 1.29 is 9.84 Å². The van der Waals surface area contributed by atoms with Crippen molar-refractivity contribution >= 4 is 0 Å². The predicted molar refractivity (Wildman–Crippen MR) is 61.5 cm³/mol. The molecule has 1 heterocycles. The lowest BCUT2D eigenvalue weighted by molar-refractivity contribution is 0.303. The minimum absolute atomic E-state index is 0.178. The Hall–Kier alpha value is -2.03. The number of aromatic nitrogens is 1. The molecule has 0 aliphatic heterocycles. The molecule has 0 aliphatic rings. The van der Waals surface area contributed by atoms with Crippen molar-refractivity contribution in [2.75, 3.05) is 6.61 Å². The van der Waals surface area contributed by atoms with Crippen LogP contribution in [0.15, 0.2) is 48.8 Å². The second-order valence-electron chi connectivity index (χ2n) is 3.42. The summed E-state index contributed by atoms with van der Waals surface area (Å²) in [7, 11) is 0. The smallest absolute Gasteiger partial charge is 0.160 e. The van der Waals surface area contributed by atoms with Gasteiger partial charge in [-0.3, -0.25) is 4.98 Å². The molecule has 3 nitrogen and oxygen atoms in total. The fraction of sp³-hybridized carbons (Fsp3) is 0.154. The Morgan fingerprint density at radius 1 is 1.06 bits per heavy atom. The summed E-state index contributed by atoms with van der Waals surface area (Å²) in [5.41, 5.74) is 1.17. The Morgan fingerprint density at radius 3 is 2.56 bits per heavy atom. The van der Waals surface area contributed by atoms with Gasteiger partial charge in [-0.2, -0.15) is 0 Å². The number of phenols is 1. The second kappa shape index (κ2) is 5.16. The van der Waals surface area contributed by atoms with Crippen molar-refractivity contribution in [2.45, 2.75) is 6.42 Å². The highest BCUT2D eigenvalue weighted by atomic mass is 16.5. The largest absolute Gasteiger partial charge is 0.504 e. The van der Waals surface area contributed by atoms with Gasteiger partial charge in [0.25, 0.3) is 0 Å². The van der Waals surface area contributed by atoms with Crippen molar-refractivity contribution in [2.24, 2.45) is 0 Å². The SMILES string of the molecule is Oc1ccccc1OCCc1ccncc1. The van der Waals surface area contributed by atoms with Crippen LogP contribution in [0.4, 0.5) is 0 Å². The van der Waals surface area contributed by atoms with E-state index in [9.17, 15) is 5.11 Å². The third-order valence-electron chi connectivity index (χ3n) is 2.26. The summed E-state index contributed by atoms with van der Waals surface area (Å²) in [5, 5.41) is 9.47. The average Bonchev–Trinajstić information content (AvgIpc) is 2.33. The lowest BCUT2D eigenvalue weighted by Crippen LogP contribution is -2.01. The molecule has 0 aliphatic carbocycles. The lowest BCUT2D eigenvalue weighted by atomic mass is 10.2. The monoisotopic (exact) mass is 215 g/mol. The zero-order valence-corrected chi connectivity index (χ0v) is 8.84. The molecule has 0 spiro atoms. The number of ether oxygens (including phenoxy) is 1. The van der Waals surface area contributed by atoms with E-state index in [0.717, 1.165) is 6.42 Å². The Labute approximate surface area is 94.3 Å². The summed E-state index contributed by atoms with van der Waals surface area (Å²) in [6.45, 7) is 0.543. The lowest BCUT2D eigenvalue weighted by Gasteiger charge is -2.07. The van der Waals surface area contributed by atoms with Crippen LogP contribution in [0.2, 0.25) is 0 Å². The second-order valence-corrected chi connectivity index (χ2v) is 3.42. The normalized spacial score (nSPS) is 10.0. The van der Waals surface area contributed by atoms with E-state index in [2.05, 4.69) is 4.98 Å². The van der Waals surface area contributed by atoms with Gasteiger partial charge in [0.2, 0.25) is 0 Å². The molecule has 1 aromatic carbocycles. The fourth-order valence-electron chi connectivity index (χ4n) is 1.41. The Kier molecular flexibility index (Phi) is 3.38. The first-order valence-corrected chi connectivity index (χ1v) is 5.16. The topological polar surface area (TPSA) is 42.4 Å². The molecule has 0 atom stereocenters. The molecule has 1 aromatic heterocycles. The van der Waals surface area contributed by atoms with Gasteiger partial charge in [-0.05, 0) is 29.8 Å². The number of pyridine rings is 1. The molecule has 2 rings (SSSR count). The molecule has 0 fully saturated rings. The number of hydrogen-bond acceptors (Lipinski definition) is 3. The van der Waals surface area contributed by atoms with Crippen LogP contribution in [0.3, 0.4) is 0 Å². The van der Waals surface area contributed by atoms with Crippen molar-refractivity contribution in [3.8, 4) is 11.5 Å². The first-order valence-electron chi connectivity index (χ1n) is 5.16. The Morgan fingerprint density at radius 2 is 1.81 bits per heavy atom. The Bertz CT molecular complexity index is 443. The van der Waals surface area contributed by atoms with E-state index < -0.39 is 0 Å². The molecule has 0 amide bonds. The van der Waals surface area contributed by atoms with Crippen molar-refractivity contribution in [3.63, 3.8) is 0 Å². The summed E-state index contributed by atoms with van der Waals surface area (Å²) in [6.07, 6.45) is 4.32. The first kappa shape index (κ1) is 10.5. The van der Waals surface area contributed by atoms with Gasteiger partial charge in [0.15, 0.2) is 11.5 Å². The van der Waals surface area contributed by atoms with E-state index in [1.54, 1.807) is 30.6 Å². The molecular weight excluding hydrogens is 202 g/mol. The van der Waals surface area contributed by atoms with E-state index in [1.165, 1.54) is 5.56 Å². The molecule has 16 heavy (non-hydrogen) atoms.